The van der Waals surface area contributed by atoms with Crippen LogP contribution in [0.1, 0.15) is 10.5 Å². The van der Waals surface area contributed by atoms with Crippen LogP contribution in [0.5, 0.6) is 0 Å². The van der Waals surface area contributed by atoms with Crippen molar-refractivity contribution in [3.63, 3.8) is 0 Å². The van der Waals surface area contributed by atoms with Crippen LogP contribution in [0.4, 0.5) is 10.5 Å². The first-order valence-electron chi connectivity index (χ1n) is 5.37. The number of hydrogen-bond acceptors (Lipinski definition) is 8. The molecule has 0 aliphatic rings. The van der Waals surface area contributed by atoms with Crippen LogP contribution in [0.25, 0.3) is 10.8 Å². The fourth-order valence-electron chi connectivity index (χ4n) is 1.61. The molecule has 0 saturated heterocycles. The number of carboxylic acid groups (broad SMARTS) is 2. The number of nitrogens with zero attached hydrogens (tertiary/aromatic N) is 2. The summed E-state index contributed by atoms with van der Waals surface area (Å²) in [5.41, 5.74) is 0.0174. The van der Waals surface area contributed by atoms with E-state index in [1.54, 1.807) is 6.07 Å². The fraction of sp³-hybridized carbons (Fsp3) is 0.0833. The number of non-ortho nitro benzene ring substituents is 1. The van der Waals surface area contributed by atoms with E-state index in [4.69, 9.17) is 15.0 Å². The molecule has 0 radical (unpaired) electrons. The number of aromatic nitrogens is 1. The summed E-state index contributed by atoms with van der Waals surface area (Å²) < 4.78 is 4.57. The molecule has 0 unspecified atom stereocenters. The first-order valence-corrected chi connectivity index (χ1v) is 5.37. The Labute approximate surface area is 215 Å². The van der Waals surface area contributed by atoms with Gasteiger partial charge in [-0.25, -0.2) is 9.78 Å². The number of benzene rings is 1. The molecule has 2 aromatic rings. The van der Waals surface area contributed by atoms with Crippen LogP contribution in [0.3, 0.4) is 0 Å². The normalized spacial score (nSPS) is 8.57. The molecule has 0 saturated carbocycles. The van der Waals surface area contributed by atoms with E-state index in [1.165, 1.54) is 31.5 Å². The van der Waals surface area contributed by atoms with E-state index in [2.05, 4.69) is 9.72 Å². The summed E-state index contributed by atoms with van der Waals surface area (Å²) in [6.07, 6.45) is -0.985. The van der Waals surface area contributed by atoms with Gasteiger partial charge in [-0.1, -0.05) is 12.1 Å². The van der Waals surface area contributed by atoms with Gasteiger partial charge in [0.05, 0.1) is 17.4 Å². The van der Waals surface area contributed by atoms with Crippen molar-refractivity contribution in [2.75, 3.05) is 7.11 Å². The summed E-state index contributed by atoms with van der Waals surface area (Å²) >= 11 is 0. The van der Waals surface area contributed by atoms with Crippen molar-refractivity contribution < 1.29 is 132 Å². The molecule has 0 aliphatic carbocycles. The molecule has 0 N–H and O–H groups in total. The molecular formula is C12H8K2N2O7. The van der Waals surface area contributed by atoms with Crippen LogP contribution in [-0.4, -0.2) is 29.1 Å². The quantitative estimate of drug-likeness (QED) is 0.219. The summed E-state index contributed by atoms with van der Waals surface area (Å²) in [5.74, 6) is -0.615. The van der Waals surface area contributed by atoms with Gasteiger partial charge >= 0.3 is 109 Å². The van der Waals surface area contributed by atoms with Crippen molar-refractivity contribution in [1.29, 1.82) is 0 Å². The van der Waals surface area contributed by atoms with E-state index < -0.39 is 17.0 Å². The minimum atomic E-state index is -2.33. The van der Waals surface area contributed by atoms with Gasteiger partial charge in [0.2, 0.25) is 0 Å². The van der Waals surface area contributed by atoms with Crippen molar-refractivity contribution >= 4 is 28.6 Å². The number of hydrogen-bond donors (Lipinski definition) is 0. The fourth-order valence-corrected chi connectivity index (χ4v) is 1.61. The van der Waals surface area contributed by atoms with Crippen molar-refractivity contribution in [3.05, 3.63) is 46.3 Å². The van der Waals surface area contributed by atoms with Crippen LogP contribution in [0.2, 0.25) is 0 Å². The van der Waals surface area contributed by atoms with Crippen molar-refractivity contribution in [1.82, 2.24) is 4.98 Å². The molecule has 1 aromatic heterocycles. The van der Waals surface area contributed by atoms with E-state index in [0.29, 0.717) is 10.8 Å². The standard InChI is InChI=1S/C11H8N2O4.CH2O3.2K/c1-17-11(14)10-8-3-2-4-9(13(15)16)7(8)5-6-12-10;2-1(3)4;;/h2-6H,1H3;(H2,2,3,4);;/q;;2*+1/p-2. The first kappa shape index (κ1) is 25.3. The molecule has 1 aromatic carbocycles. The molecule has 0 atom stereocenters. The molecule has 0 fully saturated rings. The van der Waals surface area contributed by atoms with Crippen molar-refractivity contribution in [2.24, 2.45) is 0 Å². The summed E-state index contributed by atoms with van der Waals surface area (Å²) in [6.45, 7) is 0. The number of esters is 1. The van der Waals surface area contributed by atoms with Crippen LogP contribution < -0.4 is 113 Å². The Hall–Kier alpha value is 0.0427. The summed E-state index contributed by atoms with van der Waals surface area (Å²) in [6, 6.07) is 5.99. The molecular weight excluding hydrogens is 362 g/mol. The molecule has 0 amide bonds. The molecule has 0 bridgehead atoms. The number of ether oxygens (including phenoxy) is 1. The van der Waals surface area contributed by atoms with Gasteiger partial charge in [0, 0.05) is 17.6 Å². The molecule has 2 rings (SSSR count). The SMILES string of the molecule is COC(=O)c1nccc2c([N+](=O)[O-])cccc12.O=C([O-])[O-].[K+].[K+]. The second-order valence-corrected chi connectivity index (χ2v) is 3.53. The average molecular weight is 370 g/mol. The van der Waals surface area contributed by atoms with Gasteiger partial charge < -0.3 is 19.7 Å². The predicted octanol–water partition coefficient (Wildman–Crippen LogP) is -6.51. The third-order valence-electron chi connectivity index (χ3n) is 2.36. The number of carbonyl (C=O) groups excluding carboxylic acids is 2. The second kappa shape index (κ2) is 12.4. The smallest absolute Gasteiger partial charge is 0.652 e. The maximum atomic E-state index is 11.5. The summed E-state index contributed by atoms with van der Waals surface area (Å²) in [7, 11) is 1.24. The number of fused-ring (bicyclic) bond motifs is 1. The molecule has 11 heteroatoms. The van der Waals surface area contributed by atoms with Crippen LogP contribution in [0, 0.1) is 10.1 Å². The zero-order chi connectivity index (χ0) is 16.0. The Morgan fingerprint density at radius 3 is 2.17 bits per heavy atom. The number of nitro groups is 1. The Morgan fingerprint density at radius 1 is 1.13 bits per heavy atom. The minimum absolute atomic E-state index is 0. The van der Waals surface area contributed by atoms with Gasteiger partial charge in [0.1, 0.15) is 0 Å². The maximum absolute atomic E-state index is 11.5. The number of rotatable bonds is 2. The van der Waals surface area contributed by atoms with Crippen LogP contribution >= 0.6 is 0 Å². The Morgan fingerprint density at radius 2 is 1.70 bits per heavy atom. The van der Waals surface area contributed by atoms with E-state index in [-0.39, 0.29) is 114 Å². The molecule has 9 nitrogen and oxygen atoms in total. The zero-order valence-electron chi connectivity index (χ0n) is 12.6. The van der Waals surface area contributed by atoms with Crippen molar-refractivity contribution in [3.8, 4) is 0 Å². The third kappa shape index (κ3) is 7.64. The monoisotopic (exact) mass is 370 g/mol. The number of nitro benzene ring substituents is 1. The van der Waals surface area contributed by atoms with Gasteiger partial charge in [-0.05, 0) is 12.2 Å². The Kier molecular flexibility index (Phi) is 13.6. The van der Waals surface area contributed by atoms with Crippen LogP contribution in [0.15, 0.2) is 30.5 Å². The minimum Gasteiger partial charge on any atom is -0.652 e. The largest absolute Gasteiger partial charge is 1.00 e. The molecule has 1 heterocycles. The van der Waals surface area contributed by atoms with Crippen LogP contribution in [-0.2, 0) is 4.74 Å². The van der Waals surface area contributed by atoms with Crippen molar-refractivity contribution in [2.45, 2.75) is 0 Å². The molecule has 110 valence electrons. The van der Waals surface area contributed by atoms with Gasteiger partial charge in [-0.2, -0.15) is 0 Å². The third-order valence-corrected chi connectivity index (χ3v) is 2.36. The number of methoxy groups -OCH3 is 1. The van der Waals surface area contributed by atoms with E-state index in [9.17, 15) is 14.9 Å². The van der Waals surface area contributed by atoms with Gasteiger partial charge in [-0.3, -0.25) is 10.1 Å². The molecule has 23 heavy (non-hydrogen) atoms. The first-order chi connectivity index (χ1) is 9.88. The molecule has 0 spiro atoms. The summed E-state index contributed by atoms with van der Waals surface area (Å²) in [4.78, 5) is 34.0. The Balaban J connectivity index is 0. The van der Waals surface area contributed by atoms with E-state index in [1.807, 2.05) is 0 Å². The van der Waals surface area contributed by atoms with E-state index in [0.717, 1.165) is 0 Å². The average Bonchev–Trinajstić information content (AvgIpc) is 2.44. The van der Waals surface area contributed by atoms with Gasteiger partial charge in [0.25, 0.3) is 5.69 Å². The Bertz CT molecular complexity index is 705. The second-order valence-electron chi connectivity index (χ2n) is 3.53. The van der Waals surface area contributed by atoms with E-state index >= 15 is 0 Å². The molecule has 0 aliphatic heterocycles. The maximum Gasteiger partial charge on any atom is 1.00 e. The van der Waals surface area contributed by atoms with Gasteiger partial charge in [-0.15, -0.1) is 0 Å². The topological polar surface area (TPSA) is 146 Å². The summed E-state index contributed by atoms with van der Waals surface area (Å²) in [5, 5.41) is 28.3. The van der Waals surface area contributed by atoms with Gasteiger partial charge in [0.15, 0.2) is 5.69 Å². The number of pyridine rings is 1. The number of carbonyl (C=O) groups is 2. The zero-order valence-corrected chi connectivity index (χ0v) is 18.9. The predicted molar refractivity (Wildman–Crippen MR) is 65.1 cm³/mol.